The quantitative estimate of drug-likeness (QED) is 0.865. The molecule has 2 aromatic rings. The lowest BCUT2D eigenvalue weighted by molar-refractivity contribution is 0.355. The first-order valence-corrected chi connectivity index (χ1v) is 8.77. The van der Waals surface area contributed by atoms with Crippen LogP contribution >= 0.6 is 11.3 Å². The fraction of sp³-hybridized carbons (Fsp3) is 0.417. The summed E-state index contributed by atoms with van der Waals surface area (Å²) in [5.74, 6) is 0.519. The second-order valence-corrected chi connectivity index (χ2v) is 7.73. The minimum Gasteiger partial charge on any atom is -0.356 e. The standard InChI is InChI=1S/C12H14FN3O3S2/c13-9-4-10(14-5-9)6-16-21(17,18)12-3-8(7-20-12)11-1-2-15-19-11/h1-3,7,9-10,14,16H,4-6H2/t9-,10-/m0/s1. The van der Waals surface area contributed by atoms with Crippen LogP contribution in [0.3, 0.4) is 0 Å². The lowest BCUT2D eigenvalue weighted by Crippen LogP contribution is -2.36. The molecule has 21 heavy (non-hydrogen) atoms. The Morgan fingerprint density at radius 1 is 1.57 bits per heavy atom. The smallest absolute Gasteiger partial charge is 0.250 e. The summed E-state index contributed by atoms with van der Waals surface area (Å²) in [5, 5.41) is 8.22. The van der Waals surface area contributed by atoms with Crippen LogP contribution in [0.15, 0.2) is 32.4 Å². The van der Waals surface area contributed by atoms with Crippen LogP contribution in [0, 0.1) is 0 Å². The van der Waals surface area contributed by atoms with Crippen molar-refractivity contribution in [3.63, 3.8) is 0 Å². The molecule has 0 spiro atoms. The third-order valence-electron chi connectivity index (χ3n) is 3.25. The second kappa shape index (κ2) is 5.84. The Morgan fingerprint density at radius 2 is 2.43 bits per heavy atom. The van der Waals surface area contributed by atoms with Crippen molar-refractivity contribution in [2.24, 2.45) is 0 Å². The summed E-state index contributed by atoms with van der Waals surface area (Å²) in [6, 6.07) is 3.03. The molecule has 1 fully saturated rings. The van der Waals surface area contributed by atoms with Gasteiger partial charge in [0.15, 0.2) is 5.76 Å². The van der Waals surface area contributed by atoms with E-state index in [4.69, 9.17) is 4.52 Å². The Labute approximate surface area is 125 Å². The van der Waals surface area contributed by atoms with Gasteiger partial charge in [0.1, 0.15) is 10.4 Å². The Morgan fingerprint density at radius 3 is 3.10 bits per heavy atom. The minimum atomic E-state index is -3.59. The Bertz CT molecular complexity index is 699. The van der Waals surface area contributed by atoms with Gasteiger partial charge in [-0.05, 0) is 12.5 Å². The molecule has 3 heterocycles. The summed E-state index contributed by atoms with van der Waals surface area (Å²) < 4.78 is 45.1. The highest BCUT2D eigenvalue weighted by molar-refractivity contribution is 7.91. The molecule has 0 saturated carbocycles. The summed E-state index contributed by atoms with van der Waals surface area (Å²) in [5.41, 5.74) is 0.667. The van der Waals surface area contributed by atoms with Crippen LogP contribution in [0.4, 0.5) is 4.39 Å². The summed E-state index contributed by atoms with van der Waals surface area (Å²) in [6.07, 6.45) is 0.925. The van der Waals surface area contributed by atoms with E-state index < -0.39 is 16.2 Å². The van der Waals surface area contributed by atoms with Crippen molar-refractivity contribution in [1.29, 1.82) is 0 Å². The van der Waals surface area contributed by atoms with E-state index in [0.717, 1.165) is 11.3 Å². The lowest BCUT2D eigenvalue weighted by Gasteiger charge is -2.10. The maximum absolute atomic E-state index is 13.0. The number of halogens is 1. The van der Waals surface area contributed by atoms with Crippen molar-refractivity contribution in [3.05, 3.63) is 23.7 Å². The van der Waals surface area contributed by atoms with Gasteiger partial charge in [-0.15, -0.1) is 11.3 Å². The number of alkyl halides is 1. The van der Waals surface area contributed by atoms with E-state index in [2.05, 4.69) is 15.2 Å². The maximum Gasteiger partial charge on any atom is 0.250 e. The van der Waals surface area contributed by atoms with Crippen molar-refractivity contribution < 1.29 is 17.3 Å². The first-order chi connectivity index (χ1) is 10.0. The monoisotopic (exact) mass is 331 g/mol. The van der Waals surface area contributed by atoms with E-state index >= 15 is 0 Å². The van der Waals surface area contributed by atoms with Crippen molar-refractivity contribution in [3.8, 4) is 11.3 Å². The van der Waals surface area contributed by atoms with Gasteiger partial charge in [0.25, 0.3) is 0 Å². The molecule has 1 saturated heterocycles. The van der Waals surface area contributed by atoms with Gasteiger partial charge >= 0.3 is 0 Å². The summed E-state index contributed by atoms with van der Waals surface area (Å²) in [6.45, 7) is 0.458. The highest BCUT2D eigenvalue weighted by atomic mass is 32.2. The third kappa shape index (κ3) is 3.31. The van der Waals surface area contributed by atoms with Crippen molar-refractivity contribution >= 4 is 21.4 Å². The molecule has 9 heteroatoms. The normalized spacial score (nSPS) is 22.7. The largest absolute Gasteiger partial charge is 0.356 e. The molecule has 114 valence electrons. The van der Waals surface area contributed by atoms with E-state index in [1.165, 1.54) is 12.3 Å². The number of aromatic nitrogens is 1. The molecule has 0 unspecified atom stereocenters. The molecule has 0 radical (unpaired) electrons. The molecule has 2 aromatic heterocycles. The zero-order chi connectivity index (χ0) is 14.9. The molecule has 0 amide bonds. The van der Waals surface area contributed by atoms with Crippen LogP contribution in [0.25, 0.3) is 11.3 Å². The Hall–Kier alpha value is -1.29. The SMILES string of the molecule is O=S(=O)(NC[C@@H]1C[C@H](F)CN1)c1cc(-c2ccno2)cs1. The van der Waals surface area contributed by atoms with Gasteiger partial charge < -0.3 is 9.84 Å². The summed E-state index contributed by atoms with van der Waals surface area (Å²) >= 11 is 1.11. The maximum atomic E-state index is 13.0. The Kier molecular flexibility index (Phi) is 4.07. The number of sulfonamides is 1. The lowest BCUT2D eigenvalue weighted by atomic mass is 10.2. The number of hydrogen-bond donors (Lipinski definition) is 2. The molecule has 6 nitrogen and oxygen atoms in total. The van der Waals surface area contributed by atoms with E-state index in [-0.39, 0.29) is 23.3 Å². The van der Waals surface area contributed by atoms with Crippen molar-refractivity contribution in [2.75, 3.05) is 13.1 Å². The van der Waals surface area contributed by atoms with Gasteiger partial charge in [-0.3, -0.25) is 0 Å². The van der Waals surface area contributed by atoms with Crippen LogP contribution in [-0.4, -0.2) is 38.9 Å². The third-order valence-corrected chi connectivity index (χ3v) is 6.11. The zero-order valence-electron chi connectivity index (χ0n) is 11.0. The van der Waals surface area contributed by atoms with E-state index in [0.29, 0.717) is 17.7 Å². The van der Waals surface area contributed by atoms with E-state index in [1.807, 2.05) is 0 Å². The number of rotatable bonds is 5. The molecule has 2 atom stereocenters. The molecule has 1 aliphatic heterocycles. The van der Waals surface area contributed by atoms with Gasteiger partial charge in [0.2, 0.25) is 10.0 Å². The molecule has 3 rings (SSSR count). The van der Waals surface area contributed by atoms with Crippen LogP contribution in [-0.2, 0) is 10.0 Å². The average molecular weight is 331 g/mol. The number of thiophene rings is 1. The highest BCUT2D eigenvalue weighted by Gasteiger charge is 2.26. The molecular weight excluding hydrogens is 317 g/mol. The molecule has 2 N–H and O–H groups in total. The number of nitrogens with zero attached hydrogens (tertiary/aromatic N) is 1. The van der Waals surface area contributed by atoms with Gasteiger partial charge in [-0.25, -0.2) is 17.5 Å². The van der Waals surface area contributed by atoms with Gasteiger partial charge in [0.05, 0.1) is 6.20 Å². The van der Waals surface area contributed by atoms with E-state index in [9.17, 15) is 12.8 Å². The van der Waals surface area contributed by atoms with Crippen LogP contribution in [0.2, 0.25) is 0 Å². The van der Waals surface area contributed by atoms with Gasteiger partial charge in [0, 0.05) is 36.1 Å². The molecule has 1 aliphatic rings. The van der Waals surface area contributed by atoms with Crippen molar-refractivity contribution in [1.82, 2.24) is 15.2 Å². The summed E-state index contributed by atoms with van der Waals surface area (Å²) in [7, 11) is -3.59. The zero-order valence-corrected chi connectivity index (χ0v) is 12.6. The van der Waals surface area contributed by atoms with Crippen LogP contribution in [0.5, 0.6) is 0 Å². The summed E-state index contributed by atoms with van der Waals surface area (Å²) in [4.78, 5) is 0. The highest BCUT2D eigenvalue weighted by Crippen LogP contribution is 2.28. The molecule has 0 aromatic carbocycles. The fourth-order valence-corrected chi connectivity index (χ4v) is 4.45. The van der Waals surface area contributed by atoms with Crippen LogP contribution in [0.1, 0.15) is 6.42 Å². The average Bonchev–Trinajstić information content (AvgIpc) is 3.17. The van der Waals surface area contributed by atoms with Crippen LogP contribution < -0.4 is 10.0 Å². The van der Waals surface area contributed by atoms with Gasteiger partial charge in [-0.2, -0.15) is 0 Å². The topological polar surface area (TPSA) is 84.2 Å². The Balaban J connectivity index is 1.67. The molecular formula is C12H14FN3O3S2. The predicted molar refractivity (Wildman–Crippen MR) is 76.3 cm³/mol. The molecule has 0 bridgehead atoms. The van der Waals surface area contributed by atoms with E-state index in [1.54, 1.807) is 11.4 Å². The van der Waals surface area contributed by atoms with Crippen molar-refractivity contribution in [2.45, 2.75) is 22.8 Å². The minimum absolute atomic E-state index is 0.163. The first-order valence-electron chi connectivity index (χ1n) is 6.41. The van der Waals surface area contributed by atoms with Gasteiger partial charge in [-0.1, -0.05) is 5.16 Å². The number of hydrogen-bond acceptors (Lipinski definition) is 6. The number of nitrogens with one attached hydrogen (secondary N) is 2. The fourth-order valence-electron chi connectivity index (χ4n) is 2.16. The first kappa shape index (κ1) is 14.6. The second-order valence-electron chi connectivity index (χ2n) is 4.82. The molecule has 0 aliphatic carbocycles. The predicted octanol–water partition coefficient (Wildman–Crippen LogP) is 1.38.